The second kappa shape index (κ2) is 7.39. The first-order chi connectivity index (χ1) is 11.4. The molecule has 1 aliphatic rings. The molecule has 0 unspecified atom stereocenters. The minimum absolute atomic E-state index is 0.152. The van der Waals surface area contributed by atoms with Gasteiger partial charge in [0.05, 0.1) is 31.9 Å². The van der Waals surface area contributed by atoms with E-state index >= 15 is 0 Å². The lowest BCUT2D eigenvalue weighted by atomic mass is 9.94. The van der Waals surface area contributed by atoms with Crippen molar-refractivity contribution in [1.29, 1.82) is 0 Å². The number of carbonyl (C=O) groups excluding carboxylic acids is 2. The number of hydrogen-bond acceptors (Lipinski definition) is 4. The van der Waals surface area contributed by atoms with Crippen LogP contribution in [-0.2, 0) is 14.3 Å². The second-order valence-corrected chi connectivity index (χ2v) is 5.19. The maximum Gasteiger partial charge on any atom is 0.337 e. The highest BCUT2D eigenvalue weighted by molar-refractivity contribution is 5.95. The molecule has 8 heteroatoms. The van der Waals surface area contributed by atoms with E-state index in [1.165, 1.54) is 25.2 Å². The Kier molecular flexibility index (Phi) is 5.50. The first-order valence-electron chi connectivity index (χ1n) is 7.21. The molecule has 1 heterocycles. The van der Waals surface area contributed by atoms with Crippen LogP contribution in [0.25, 0.3) is 0 Å². The van der Waals surface area contributed by atoms with Crippen LogP contribution in [0.1, 0.15) is 18.5 Å². The number of allylic oxidation sites excluding steroid dienone is 1. The van der Waals surface area contributed by atoms with Crippen molar-refractivity contribution in [3.8, 4) is 0 Å². The average molecular weight is 340 g/mol. The zero-order valence-corrected chi connectivity index (χ0v) is 13.6. The van der Waals surface area contributed by atoms with Crippen LogP contribution in [0.5, 0.6) is 0 Å². The molecule has 0 fully saturated rings. The highest BCUT2D eigenvalue weighted by atomic mass is 19.2. The number of nitrogens with zero attached hydrogens (tertiary/aromatic N) is 1. The quantitative estimate of drug-likeness (QED) is 0.834. The molecule has 1 N–H and O–H groups in total. The molecule has 130 valence electrons. The molecule has 0 saturated carbocycles. The fraction of sp³-hybridized carbons (Fsp3) is 0.375. The first kappa shape index (κ1) is 17.9. The summed E-state index contributed by atoms with van der Waals surface area (Å²) >= 11 is 0. The van der Waals surface area contributed by atoms with Crippen molar-refractivity contribution < 1.29 is 27.8 Å². The molecule has 0 aromatic heterocycles. The van der Waals surface area contributed by atoms with E-state index in [2.05, 4.69) is 5.32 Å². The molecule has 1 aromatic carbocycles. The summed E-state index contributed by atoms with van der Waals surface area (Å²) in [6, 6.07) is 1.80. The fourth-order valence-electron chi connectivity index (χ4n) is 2.55. The van der Waals surface area contributed by atoms with Gasteiger partial charge in [0, 0.05) is 12.8 Å². The summed E-state index contributed by atoms with van der Waals surface area (Å²) in [5, 5.41) is 2.62. The van der Waals surface area contributed by atoms with Crippen LogP contribution >= 0.6 is 0 Å². The lowest BCUT2D eigenvalue weighted by Crippen LogP contribution is -2.48. The Bertz CT molecular complexity index is 691. The summed E-state index contributed by atoms with van der Waals surface area (Å²) < 4.78 is 36.4. The predicted octanol–water partition coefficient (Wildman–Crippen LogP) is 2.12. The third-order valence-electron chi connectivity index (χ3n) is 3.80. The van der Waals surface area contributed by atoms with Crippen LogP contribution < -0.4 is 5.32 Å². The third kappa shape index (κ3) is 3.38. The van der Waals surface area contributed by atoms with Gasteiger partial charge in [0.15, 0.2) is 11.6 Å². The number of benzene rings is 1. The van der Waals surface area contributed by atoms with Crippen molar-refractivity contribution >= 4 is 12.0 Å². The monoisotopic (exact) mass is 340 g/mol. The van der Waals surface area contributed by atoms with Gasteiger partial charge in [-0.2, -0.15) is 0 Å². The number of urea groups is 1. The Morgan fingerprint density at radius 3 is 2.58 bits per heavy atom. The highest BCUT2D eigenvalue weighted by Gasteiger charge is 2.36. The average Bonchev–Trinajstić information content (AvgIpc) is 2.56. The molecule has 0 bridgehead atoms. The summed E-state index contributed by atoms with van der Waals surface area (Å²) in [7, 11) is 2.70. The van der Waals surface area contributed by atoms with Gasteiger partial charge in [-0.05, 0) is 24.6 Å². The van der Waals surface area contributed by atoms with E-state index in [0.717, 1.165) is 12.1 Å². The third-order valence-corrected chi connectivity index (χ3v) is 3.80. The Hall–Kier alpha value is -2.48. The van der Waals surface area contributed by atoms with Gasteiger partial charge in [0.25, 0.3) is 0 Å². The maximum absolute atomic E-state index is 13.5. The zero-order chi connectivity index (χ0) is 17.9. The van der Waals surface area contributed by atoms with Crippen molar-refractivity contribution in [3.63, 3.8) is 0 Å². The minimum atomic E-state index is -1.06. The Morgan fingerprint density at radius 1 is 1.29 bits per heavy atom. The normalized spacial score (nSPS) is 17.8. The van der Waals surface area contributed by atoms with Crippen LogP contribution in [0, 0.1) is 11.6 Å². The summed E-state index contributed by atoms with van der Waals surface area (Å²) in [6.07, 6.45) is 0. The molecular formula is C16H18F2N2O4. The summed E-state index contributed by atoms with van der Waals surface area (Å²) in [4.78, 5) is 25.8. The van der Waals surface area contributed by atoms with Gasteiger partial charge in [-0.25, -0.2) is 18.4 Å². The van der Waals surface area contributed by atoms with Gasteiger partial charge in [0.1, 0.15) is 0 Å². The molecule has 0 radical (unpaired) electrons. The smallest absolute Gasteiger partial charge is 0.337 e. The number of amides is 2. The van der Waals surface area contributed by atoms with Gasteiger partial charge >= 0.3 is 12.0 Å². The molecular weight excluding hydrogens is 322 g/mol. The molecule has 24 heavy (non-hydrogen) atoms. The van der Waals surface area contributed by atoms with Gasteiger partial charge < -0.3 is 14.8 Å². The van der Waals surface area contributed by atoms with Crippen LogP contribution in [-0.4, -0.2) is 44.3 Å². The van der Waals surface area contributed by atoms with Gasteiger partial charge in [-0.3, -0.25) is 4.90 Å². The van der Waals surface area contributed by atoms with Crippen LogP contribution in [0.15, 0.2) is 29.5 Å². The van der Waals surface area contributed by atoms with E-state index in [-0.39, 0.29) is 24.3 Å². The Labute approximate surface area is 138 Å². The van der Waals surface area contributed by atoms with Crippen LogP contribution in [0.3, 0.4) is 0 Å². The summed E-state index contributed by atoms with van der Waals surface area (Å²) in [6.45, 7) is 2.10. The molecule has 0 aliphatic carbocycles. The largest absolute Gasteiger partial charge is 0.466 e. The number of hydrogen-bond donors (Lipinski definition) is 1. The molecule has 1 aliphatic heterocycles. The molecule has 6 nitrogen and oxygen atoms in total. The molecule has 1 atom stereocenters. The number of esters is 1. The van der Waals surface area contributed by atoms with Crippen molar-refractivity contribution in [2.24, 2.45) is 0 Å². The number of nitrogens with one attached hydrogen (secondary N) is 1. The van der Waals surface area contributed by atoms with Gasteiger partial charge in [-0.15, -0.1) is 0 Å². The van der Waals surface area contributed by atoms with Crippen molar-refractivity contribution in [2.75, 3.05) is 27.4 Å². The molecule has 0 spiro atoms. The maximum atomic E-state index is 13.5. The topological polar surface area (TPSA) is 67.9 Å². The van der Waals surface area contributed by atoms with Crippen molar-refractivity contribution in [1.82, 2.24) is 10.2 Å². The fourth-order valence-corrected chi connectivity index (χ4v) is 2.55. The number of carbonyl (C=O) groups is 2. The Balaban J connectivity index is 2.50. The van der Waals surface area contributed by atoms with Crippen molar-refractivity contribution in [3.05, 3.63) is 46.7 Å². The lowest BCUT2D eigenvalue weighted by Gasteiger charge is -2.35. The molecule has 2 amide bonds. The predicted molar refractivity (Wildman–Crippen MR) is 80.9 cm³/mol. The molecule has 2 rings (SSSR count). The van der Waals surface area contributed by atoms with Gasteiger partial charge in [-0.1, -0.05) is 6.07 Å². The highest BCUT2D eigenvalue weighted by Crippen LogP contribution is 2.31. The lowest BCUT2D eigenvalue weighted by molar-refractivity contribution is -0.136. The van der Waals surface area contributed by atoms with Gasteiger partial charge in [0.2, 0.25) is 0 Å². The first-order valence-corrected chi connectivity index (χ1v) is 7.21. The van der Waals surface area contributed by atoms with E-state index in [4.69, 9.17) is 9.47 Å². The van der Waals surface area contributed by atoms with Crippen molar-refractivity contribution in [2.45, 2.75) is 13.0 Å². The SMILES string of the molecule is COCCN1C(=O)N[C@H](c2ccc(F)c(F)c2)C(C(=O)OC)=C1C. The molecule has 1 aromatic rings. The van der Waals surface area contributed by atoms with E-state index in [1.807, 2.05) is 0 Å². The van der Waals surface area contributed by atoms with Crippen LogP contribution in [0.2, 0.25) is 0 Å². The summed E-state index contributed by atoms with van der Waals surface area (Å²) in [5.41, 5.74) is 0.769. The number of methoxy groups -OCH3 is 2. The standard InChI is InChI=1S/C16H18F2N2O4/c1-9-13(15(21)24-3)14(10-4-5-11(17)12(18)8-10)19-16(22)20(9)6-7-23-2/h4-5,8,14H,6-7H2,1-3H3,(H,19,22)/t14-/m1/s1. The van der Waals surface area contributed by atoms with E-state index in [9.17, 15) is 18.4 Å². The number of ether oxygens (including phenoxy) is 2. The number of rotatable bonds is 5. The summed E-state index contributed by atoms with van der Waals surface area (Å²) in [5.74, 6) is -2.74. The zero-order valence-electron chi connectivity index (χ0n) is 13.6. The Morgan fingerprint density at radius 2 is 2.00 bits per heavy atom. The van der Waals surface area contributed by atoms with E-state index in [0.29, 0.717) is 5.70 Å². The van der Waals surface area contributed by atoms with Crippen LogP contribution in [0.4, 0.5) is 13.6 Å². The second-order valence-electron chi connectivity index (χ2n) is 5.19. The number of halogens is 2. The van der Waals surface area contributed by atoms with E-state index in [1.54, 1.807) is 6.92 Å². The molecule has 0 saturated heterocycles. The minimum Gasteiger partial charge on any atom is -0.466 e. The van der Waals surface area contributed by atoms with E-state index < -0.39 is 29.7 Å².